The number of hydrogen-bond donors (Lipinski definition) is 0. The van der Waals surface area contributed by atoms with E-state index in [0.29, 0.717) is 43.6 Å². The van der Waals surface area contributed by atoms with Gasteiger partial charge in [0.2, 0.25) is 0 Å². The first-order valence-corrected chi connectivity index (χ1v) is 13.1. The fraction of sp³-hybridized carbons (Fsp3) is 0.621. The van der Waals surface area contributed by atoms with Gasteiger partial charge in [-0.25, -0.2) is 8.78 Å². The van der Waals surface area contributed by atoms with Crippen LogP contribution in [-0.4, -0.2) is 5.97 Å². The van der Waals surface area contributed by atoms with Crippen molar-refractivity contribution in [3.63, 3.8) is 0 Å². The summed E-state index contributed by atoms with van der Waals surface area (Å²) in [5, 5.41) is 0. The molecule has 1 aromatic rings. The van der Waals surface area contributed by atoms with Crippen molar-refractivity contribution in [3.05, 3.63) is 58.6 Å². The maximum atomic E-state index is 15.0. The van der Waals surface area contributed by atoms with Crippen LogP contribution in [0.25, 0.3) is 0 Å². The monoisotopic (exact) mass is 474 g/mol. The predicted octanol–water partition coefficient (Wildman–Crippen LogP) is 8.61. The molecule has 3 aliphatic carbocycles. The molecule has 5 heteroatoms. The molecule has 2 fully saturated rings. The summed E-state index contributed by atoms with van der Waals surface area (Å²) in [4.78, 5) is 12.7. The highest BCUT2D eigenvalue weighted by Crippen LogP contribution is 2.44. The van der Waals surface area contributed by atoms with Crippen LogP contribution in [0.2, 0.25) is 0 Å². The molecule has 0 aliphatic heterocycles. The number of aryl methyl sites for hydroxylation is 1. The molecule has 0 aromatic heterocycles. The van der Waals surface area contributed by atoms with Crippen LogP contribution in [0.4, 0.5) is 13.2 Å². The highest BCUT2D eigenvalue weighted by Gasteiger charge is 2.36. The zero-order valence-corrected chi connectivity index (χ0v) is 20.4. The molecule has 1 unspecified atom stereocenters. The number of halogens is 3. The van der Waals surface area contributed by atoms with E-state index in [1.165, 1.54) is 12.8 Å². The van der Waals surface area contributed by atoms with Gasteiger partial charge in [-0.1, -0.05) is 44.7 Å². The minimum atomic E-state index is -1.00. The maximum Gasteiger partial charge on any atom is 0.314 e. The topological polar surface area (TPSA) is 26.3 Å². The van der Waals surface area contributed by atoms with E-state index in [2.05, 4.69) is 6.92 Å². The number of esters is 1. The van der Waals surface area contributed by atoms with Crippen molar-refractivity contribution in [2.75, 3.05) is 0 Å². The third kappa shape index (κ3) is 5.60. The molecule has 0 N–H and O–H groups in total. The molecule has 0 saturated heterocycles. The Morgan fingerprint density at radius 1 is 1.00 bits per heavy atom. The van der Waals surface area contributed by atoms with Gasteiger partial charge >= 0.3 is 5.97 Å². The van der Waals surface area contributed by atoms with Gasteiger partial charge in [-0.2, -0.15) is 4.39 Å². The molecule has 3 aliphatic rings. The second-order valence-electron chi connectivity index (χ2n) is 10.6. The van der Waals surface area contributed by atoms with Crippen LogP contribution < -0.4 is 0 Å². The number of hydrogen-bond acceptors (Lipinski definition) is 2. The molecule has 2 nitrogen and oxygen atoms in total. The third-order valence-corrected chi connectivity index (χ3v) is 8.33. The summed E-state index contributed by atoms with van der Waals surface area (Å²) in [6.45, 7) is 4.05. The SMILES string of the molecule is CCCC1CCC(C2CC=C(OC(=O)C3CCC(c4ccc(C)cc4F)CC3)C(F)=C2F)CC1. The highest BCUT2D eigenvalue weighted by atomic mass is 19.2. The molecule has 0 amide bonds. The van der Waals surface area contributed by atoms with Crippen molar-refractivity contribution in [1.82, 2.24) is 0 Å². The van der Waals surface area contributed by atoms with Gasteiger partial charge in [-0.3, -0.25) is 4.79 Å². The molecule has 0 bridgehead atoms. The maximum absolute atomic E-state index is 15.0. The Labute approximate surface area is 201 Å². The Kier molecular flexibility index (Phi) is 8.21. The van der Waals surface area contributed by atoms with E-state index in [4.69, 9.17) is 4.74 Å². The number of carbonyl (C=O) groups is 1. The van der Waals surface area contributed by atoms with Gasteiger partial charge in [0.25, 0.3) is 0 Å². The number of carbonyl (C=O) groups excluding carboxylic acids is 1. The third-order valence-electron chi connectivity index (χ3n) is 8.33. The fourth-order valence-corrected chi connectivity index (χ4v) is 6.28. The Balaban J connectivity index is 1.30. The van der Waals surface area contributed by atoms with Crippen molar-refractivity contribution < 1.29 is 22.7 Å². The lowest BCUT2D eigenvalue weighted by molar-refractivity contribution is -0.145. The fourth-order valence-electron chi connectivity index (χ4n) is 6.28. The van der Waals surface area contributed by atoms with Gasteiger partial charge in [-0.05, 0) is 92.9 Å². The molecule has 1 aromatic carbocycles. The van der Waals surface area contributed by atoms with Gasteiger partial charge in [0.15, 0.2) is 11.6 Å². The molecule has 34 heavy (non-hydrogen) atoms. The zero-order valence-electron chi connectivity index (χ0n) is 20.4. The number of allylic oxidation sites excluding steroid dienone is 3. The molecule has 0 radical (unpaired) electrons. The van der Waals surface area contributed by atoms with Crippen molar-refractivity contribution in [3.8, 4) is 0 Å². The lowest BCUT2D eigenvalue weighted by Crippen LogP contribution is -2.26. The predicted molar refractivity (Wildman–Crippen MR) is 128 cm³/mol. The van der Waals surface area contributed by atoms with Crippen molar-refractivity contribution in [2.24, 2.45) is 23.7 Å². The normalized spacial score (nSPS) is 30.1. The molecule has 186 valence electrons. The molecule has 4 rings (SSSR count). The van der Waals surface area contributed by atoms with E-state index in [1.807, 2.05) is 19.1 Å². The minimum absolute atomic E-state index is 0.0702. The molecule has 1 atom stereocenters. The van der Waals surface area contributed by atoms with Crippen LogP contribution >= 0.6 is 0 Å². The minimum Gasteiger partial charge on any atom is -0.423 e. The number of ether oxygens (including phenoxy) is 1. The van der Waals surface area contributed by atoms with Crippen LogP contribution in [-0.2, 0) is 9.53 Å². The molecule has 0 spiro atoms. The van der Waals surface area contributed by atoms with Crippen LogP contribution in [0.3, 0.4) is 0 Å². The standard InChI is InChI=1S/C29H37F3O2/c1-3-4-19-6-8-21(9-7-19)24-15-16-26(28(32)27(24)31)34-29(33)22-12-10-20(11-13-22)23-14-5-18(2)17-25(23)30/h5,14,16-17,19-22,24H,3-4,6-13,15H2,1-2H3. The quantitative estimate of drug-likeness (QED) is 0.386. The van der Waals surface area contributed by atoms with E-state index >= 15 is 0 Å². The largest absolute Gasteiger partial charge is 0.423 e. The molecular weight excluding hydrogens is 437 g/mol. The van der Waals surface area contributed by atoms with E-state index in [0.717, 1.165) is 31.2 Å². The van der Waals surface area contributed by atoms with Gasteiger partial charge in [0.05, 0.1) is 5.92 Å². The smallest absolute Gasteiger partial charge is 0.314 e. The average Bonchev–Trinajstić information content (AvgIpc) is 2.83. The summed E-state index contributed by atoms with van der Waals surface area (Å²) in [7, 11) is 0. The summed E-state index contributed by atoms with van der Waals surface area (Å²) in [6, 6.07) is 5.28. The van der Waals surface area contributed by atoms with Crippen molar-refractivity contribution >= 4 is 5.97 Å². The molecule has 0 heterocycles. The number of rotatable bonds is 6. The summed E-state index contributed by atoms with van der Waals surface area (Å²) >= 11 is 0. The molecule has 2 saturated carbocycles. The summed E-state index contributed by atoms with van der Waals surface area (Å²) in [5.74, 6) is -2.58. The second kappa shape index (κ2) is 11.1. The van der Waals surface area contributed by atoms with Gasteiger partial charge < -0.3 is 4.74 Å². The van der Waals surface area contributed by atoms with E-state index in [9.17, 15) is 18.0 Å². The van der Waals surface area contributed by atoms with E-state index in [1.54, 1.807) is 12.1 Å². The van der Waals surface area contributed by atoms with Crippen molar-refractivity contribution in [2.45, 2.75) is 90.4 Å². The van der Waals surface area contributed by atoms with Gasteiger partial charge in [0, 0.05) is 5.92 Å². The first-order valence-electron chi connectivity index (χ1n) is 13.1. The summed E-state index contributed by atoms with van der Waals surface area (Å²) in [5.41, 5.74) is 1.58. The van der Waals surface area contributed by atoms with Crippen LogP contribution in [0, 0.1) is 36.4 Å². The Morgan fingerprint density at radius 2 is 1.71 bits per heavy atom. The van der Waals surface area contributed by atoms with Gasteiger partial charge in [0.1, 0.15) is 11.6 Å². The Morgan fingerprint density at radius 3 is 2.35 bits per heavy atom. The second-order valence-corrected chi connectivity index (χ2v) is 10.6. The lowest BCUT2D eigenvalue weighted by Gasteiger charge is -2.34. The lowest BCUT2D eigenvalue weighted by atomic mass is 9.72. The molecular formula is C29H37F3O2. The van der Waals surface area contributed by atoms with Crippen LogP contribution in [0.1, 0.15) is 94.6 Å². The first-order chi connectivity index (χ1) is 16.4. The first kappa shape index (κ1) is 25.1. The highest BCUT2D eigenvalue weighted by molar-refractivity contribution is 5.74. The Hall–Kier alpha value is -2.04. The Bertz CT molecular complexity index is 935. The summed E-state index contributed by atoms with van der Waals surface area (Å²) < 4.78 is 49.5. The average molecular weight is 475 g/mol. The zero-order chi connectivity index (χ0) is 24.2. The summed E-state index contributed by atoms with van der Waals surface area (Å²) in [6.07, 6.45) is 10.8. The van der Waals surface area contributed by atoms with Gasteiger partial charge in [-0.15, -0.1) is 0 Å². The van der Waals surface area contributed by atoms with E-state index in [-0.39, 0.29) is 29.3 Å². The number of benzene rings is 1. The van der Waals surface area contributed by atoms with E-state index < -0.39 is 23.5 Å². The van der Waals surface area contributed by atoms with Crippen LogP contribution in [0.15, 0.2) is 41.7 Å². The van der Waals surface area contributed by atoms with Crippen LogP contribution in [0.5, 0.6) is 0 Å². The van der Waals surface area contributed by atoms with Crippen molar-refractivity contribution in [1.29, 1.82) is 0 Å².